The minimum absolute atomic E-state index is 0.178. The third kappa shape index (κ3) is 5.25. The fourth-order valence-corrected chi connectivity index (χ4v) is 5.38. The molecule has 2 aromatic carbocycles. The summed E-state index contributed by atoms with van der Waals surface area (Å²) in [5.74, 6) is 1.99. The fraction of sp³-hybridized carbons (Fsp3) is 0.458. The average Bonchev–Trinajstić information content (AvgIpc) is 3.31. The summed E-state index contributed by atoms with van der Waals surface area (Å²) in [6.07, 6.45) is 1.12. The van der Waals surface area contributed by atoms with Gasteiger partial charge >= 0.3 is 0 Å². The van der Waals surface area contributed by atoms with E-state index in [2.05, 4.69) is 4.90 Å². The average molecular weight is 506 g/mol. The number of hydrogen-bond donors (Lipinski definition) is 0. The second-order valence-electron chi connectivity index (χ2n) is 8.41. The monoisotopic (exact) mass is 505 g/mol. The maximum atomic E-state index is 13.6. The molecule has 1 amide bonds. The quantitative estimate of drug-likeness (QED) is 0.539. The molecule has 0 unspecified atom stereocenters. The van der Waals surface area contributed by atoms with E-state index in [9.17, 15) is 13.2 Å². The highest BCUT2D eigenvalue weighted by atomic mass is 32.2. The van der Waals surface area contributed by atoms with Gasteiger partial charge in [0.05, 0.1) is 31.7 Å². The summed E-state index contributed by atoms with van der Waals surface area (Å²) in [4.78, 5) is 17.6. The molecule has 0 aliphatic carbocycles. The first-order valence-corrected chi connectivity index (χ1v) is 13.2. The number of sulfonamides is 1. The summed E-state index contributed by atoms with van der Waals surface area (Å²) < 4.78 is 47.7. The zero-order chi connectivity index (χ0) is 25.2. The normalized spacial score (nSPS) is 15.7. The molecule has 2 aliphatic heterocycles. The Kier molecular flexibility index (Phi) is 7.27. The summed E-state index contributed by atoms with van der Waals surface area (Å²) in [6, 6.07) is 9.03. The zero-order valence-electron chi connectivity index (χ0n) is 20.4. The summed E-state index contributed by atoms with van der Waals surface area (Å²) in [5.41, 5.74) is 1.66. The number of fused-ring (bicyclic) bond motifs is 1. The van der Waals surface area contributed by atoms with Crippen molar-refractivity contribution in [2.75, 3.05) is 64.3 Å². The summed E-state index contributed by atoms with van der Waals surface area (Å²) >= 11 is 0. The predicted molar refractivity (Wildman–Crippen MR) is 131 cm³/mol. The number of ether oxygens (including phenoxy) is 4. The van der Waals surface area contributed by atoms with Gasteiger partial charge in [0, 0.05) is 45.3 Å². The molecule has 2 heterocycles. The number of hydrogen-bond acceptors (Lipinski definition) is 8. The van der Waals surface area contributed by atoms with Gasteiger partial charge in [-0.05, 0) is 30.7 Å². The van der Waals surface area contributed by atoms with Gasteiger partial charge in [0.25, 0.3) is 5.91 Å². The van der Waals surface area contributed by atoms with E-state index in [0.717, 1.165) is 29.9 Å². The number of rotatable bonds is 8. The Morgan fingerprint density at radius 2 is 1.66 bits per heavy atom. The second-order valence-corrected chi connectivity index (χ2v) is 10.3. The van der Waals surface area contributed by atoms with Crippen LogP contribution in [0.2, 0.25) is 0 Å². The van der Waals surface area contributed by atoms with Gasteiger partial charge in [-0.25, -0.2) is 8.42 Å². The molecule has 2 aromatic rings. The van der Waals surface area contributed by atoms with Crippen molar-refractivity contribution >= 4 is 21.6 Å². The van der Waals surface area contributed by atoms with Gasteiger partial charge in [-0.2, -0.15) is 0 Å². The van der Waals surface area contributed by atoms with E-state index < -0.39 is 10.0 Å². The van der Waals surface area contributed by atoms with Gasteiger partial charge in [0.1, 0.15) is 0 Å². The van der Waals surface area contributed by atoms with Crippen LogP contribution in [-0.2, 0) is 16.6 Å². The Labute approximate surface area is 206 Å². The molecule has 4 rings (SSSR count). The van der Waals surface area contributed by atoms with Crippen molar-refractivity contribution in [1.82, 2.24) is 9.80 Å². The van der Waals surface area contributed by atoms with Crippen LogP contribution in [0.1, 0.15) is 22.8 Å². The van der Waals surface area contributed by atoms with E-state index in [-0.39, 0.29) is 30.5 Å². The van der Waals surface area contributed by atoms with Gasteiger partial charge in [-0.15, -0.1) is 0 Å². The van der Waals surface area contributed by atoms with E-state index in [1.807, 2.05) is 18.2 Å². The molecule has 190 valence electrons. The Morgan fingerprint density at radius 3 is 2.29 bits per heavy atom. The van der Waals surface area contributed by atoms with Crippen LogP contribution in [0.25, 0.3) is 0 Å². The highest BCUT2D eigenvalue weighted by Crippen LogP contribution is 2.37. The number of carbonyl (C=O) groups is 1. The Bertz CT molecular complexity index is 1190. The van der Waals surface area contributed by atoms with Crippen molar-refractivity contribution in [2.45, 2.75) is 13.5 Å². The van der Waals surface area contributed by atoms with Gasteiger partial charge in [0.15, 0.2) is 23.0 Å². The fourth-order valence-electron chi connectivity index (χ4n) is 4.41. The first-order valence-electron chi connectivity index (χ1n) is 11.4. The largest absolute Gasteiger partial charge is 0.493 e. The van der Waals surface area contributed by atoms with Crippen LogP contribution in [0.4, 0.5) is 5.69 Å². The molecule has 0 spiro atoms. The van der Waals surface area contributed by atoms with Crippen LogP contribution < -0.4 is 23.3 Å². The number of piperazine rings is 1. The highest BCUT2D eigenvalue weighted by Gasteiger charge is 2.29. The lowest BCUT2D eigenvalue weighted by atomic mass is 10.1. The van der Waals surface area contributed by atoms with E-state index in [4.69, 9.17) is 18.9 Å². The minimum Gasteiger partial charge on any atom is -0.493 e. The van der Waals surface area contributed by atoms with Crippen LogP contribution in [0.5, 0.6) is 23.0 Å². The van der Waals surface area contributed by atoms with Crippen molar-refractivity contribution in [3.8, 4) is 23.0 Å². The standard InChI is InChI=1S/C24H31N3O7S/c1-5-27(35(4,29)30)19-14-22(32-3)21(31-2)13-18(19)24(28)26-10-8-25(9-11-26)15-17-6-7-20-23(12-17)34-16-33-20/h6-7,12-14H,5,8-11,15-16H2,1-4H3. The smallest absolute Gasteiger partial charge is 0.256 e. The van der Waals surface area contributed by atoms with Gasteiger partial charge in [-0.3, -0.25) is 14.0 Å². The summed E-state index contributed by atoms with van der Waals surface area (Å²) in [7, 11) is -0.656. The number of amides is 1. The first-order chi connectivity index (χ1) is 16.7. The molecule has 0 bridgehead atoms. The van der Waals surface area contributed by atoms with Crippen LogP contribution in [-0.4, -0.2) is 84.1 Å². The molecule has 10 nitrogen and oxygen atoms in total. The molecule has 11 heteroatoms. The van der Waals surface area contributed by atoms with Crippen LogP contribution in [0.15, 0.2) is 30.3 Å². The molecule has 2 aliphatic rings. The van der Waals surface area contributed by atoms with Crippen molar-refractivity contribution in [1.29, 1.82) is 0 Å². The Balaban J connectivity index is 1.52. The van der Waals surface area contributed by atoms with Gasteiger partial charge in [-0.1, -0.05) is 6.07 Å². The molecular weight excluding hydrogens is 474 g/mol. The molecule has 0 radical (unpaired) electrons. The van der Waals surface area contributed by atoms with Crippen LogP contribution >= 0.6 is 0 Å². The molecule has 1 saturated heterocycles. The summed E-state index contributed by atoms with van der Waals surface area (Å²) in [6.45, 7) is 5.28. The molecule has 0 N–H and O–H groups in total. The Morgan fingerprint density at radius 1 is 1.00 bits per heavy atom. The predicted octanol–water partition coefficient (Wildman–Crippen LogP) is 2.18. The van der Waals surface area contributed by atoms with Crippen molar-refractivity contribution in [3.63, 3.8) is 0 Å². The molecule has 0 aromatic heterocycles. The third-order valence-corrected chi connectivity index (χ3v) is 7.45. The first kappa shape index (κ1) is 24.9. The number of benzene rings is 2. The highest BCUT2D eigenvalue weighted by molar-refractivity contribution is 7.92. The van der Waals surface area contributed by atoms with E-state index >= 15 is 0 Å². The van der Waals surface area contributed by atoms with Crippen molar-refractivity contribution in [3.05, 3.63) is 41.5 Å². The van der Waals surface area contributed by atoms with E-state index in [0.29, 0.717) is 37.7 Å². The molecule has 0 saturated carbocycles. The summed E-state index contributed by atoms with van der Waals surface area (Å²) in [5, 5.41) is 0. The number of nitrogens with zero attached hydrogens (tertiary/aromatic N) is 3. The van der Waals surface area contributed by atoms with Crippen molar-refractivity contribution < 1.29 is 32.2 Å². The second kappa shape index (κ2) is 10.2. The molecule has 1 fully saturated rings. The molecule has 0 atom stereocenters. The van der Waals surface area contributed by atoms with Gasteiger partial charge < -0.3 is 23.8 Å². The SMILES string of the molecule is CCN(c1cc(OC)c(OC)cc1C(=O)N1CCN(Cc2ccc3c(c2)OCO3)CC1)S(C)(=O)=O. The Hall–Kier alpha value is -3.18. The maximum absolute atomic E-state index is 13.6. The lowest BCUT2D eigenvalue weighted by molar-refractivity contribution is 0.0629. The third-order valence-electron chi connectivity index (χ3n) is 6.19. The number of anilines is 1. The lowest BCUT2D eigenvalue weighted by Gasteiger charge is -2.35. The van der Waals surface area contributed by atoms with Crippen molar-refractivity contribution in [2.24, 2.45) is 0 Å². The van der Waals surface area contributed by atoms with Crippen LogP contribution in [0.3, 0.4) is 0 Å². The number of carbonyl (C=O) groups excluding carboxylic acids is 1. The minimum atomic E-state index is -3.61. The van der Waals surface area contributed by atoms with E-state index in [1.165, 1.54) is 18.5 Å². The maximum Gasteiger partial charge on any atom is 0.256 e. The lowest BCUT2D eigenvalue weighted by Crippen LogP contribution is -2.48. The number of methoxy groups -OCH3 is 2. The zero-order valence-corrected chi connectivity index (χ0v) is 21.3. The van der Waals surface area contributed by atoms with E-state index in [1.54, 1.807) is 24.0 Å². The molecular formula is C24H31N3O7S. The topological polar surface area (TPSA) is 97.8 Å². The van der Waals surface area contributed by atoms with Gasteiger partial charge in [0.2, 0.25) is 16.8 Å². The molecule has 35 heavy (non-hydrogen) atoms. The van der Waals surface area contributed by atoms with Crippen LogP contribution in [0, 0.1) is 0 Å².